The van der Waals surface area contributed by atoms with Crippen LogP contribution >= 0.6 is 15.9 Å². The van der Waals surface area contributed by atoms with Crippen molar-refractivity contribution >= 4 is 15.9 Å². The van der Waals surface area contributed by atoms with E-state index in [1.807, 2.05) is 12.3 Å². The molecule has 78 valence electrons. The number of ether oxygens (including phenoxy) is 1. The smallest absolute Gasteiger partial charge is 0.389 e. The summed E-state index contributed by atoms with van der Waals surface area (Å²) < 4.78 is 6.17. The molecule has 0 radical (unpaired) electrons. The van der Waals surface area contributed by atoms with Crippen LogP contribution in [0.1, 0.15) is 5.56 Å². The molecule has 0 fully saturated rings. The number of nitrogens with one attached hydrogen (secondary N) is 1. The summed E-state index contributed by atoms with van der Waals surface area (Å²) >= 11 is 3.47. The van der Waals surface area contributed by atoms with E-state index in [9.17, 15) is 0 Å². The van der Waals surface area contributed by atoms with Crippen LogP contribution in [-0.4, -0.2) is 18.7 Å². The molecule has 1 aromatic rings. The van der Waals surface area contributed by atoms with E-state index < -0.39 is 0 Å². The van der Waals surface area contributed by atoms with E-state index in [2.05, 4.69) is 44.5 Å². The first-order chi connectivity index (χ1) is 7.29. The second kappa shape index (κ2) is 4.51. The van der Waals surface area contributed by atoms with Gasteiger partial charge in [0, 0.05) is 6.54 Å². The topological polar surface area (TPSA) is 24.5 Å². The van der Waals surface area contributed by atoms with Crippen LogP contribution in [0, 0.1) is 6.20 Å². The number of nitrogens with zero attached hydrogens (tertiary/aromatic N) is 1. The lowest BCUT2D eigenvalue weighted by atomic mass is 10.2. The first kappa shape index (κ1) is 10.3. The van der Waals surface area contributed by atoms with Crippen LogP contribution in [0.4, 0.5) is 0 Å². The number of benzene rings is 1. The van der Waals surface area contributed by atoms with Gasteiger partial charge >= 0.3 is 6.20 Å². The van der Waals surface area contributed by atoms with E-state index in [1.165, 1.54) is 5.56 Å². The van der Waals surface area contributed by atoms with E-state index in [1.54, 1.807) is 7.11 Å². The van der Waals surface area contributed by atoms with Gasteiger partial charge in [0.1, 0.15) is 12.4 Å². The van der Waals surface area contributed by atoms with E-state index in [0.717, 1.165) is 23.4 Å². The Kier molecular flexibility index (Phi) is 3.09. The van der Waals surface area contributed by atoms with E-state index in [0.29, 0.717) is 0 Å². The summed E-state index contributed by atoms with van der Waals surface area (Å²) in [6.07, 6.45) is 4.87. The quantitative estimate of drug-likeness (QED) is 0.849. The Morgan fingerprint density at radius 1 is 1.60 bits per heavy atom. The highest BCUT2D eigenvalue weighted by molar-refractivity contribution is 9.10. The molecule has 1 N–H and O–H groups in total. The fraction of sp³-hybridized carbons (Fsp3) is 0.273. The van der Waals surface area contributed by atoms with Gasteiger partial charge in [-0.1, -0.05) is 6.07 Å². The molecule has 0 aliphatic carbocycles. The Hall–Kier alpha value is -1.25. The molecule has 1 aliphatic heterocycles. The Labute approximate surface area is 97.9 Å². The van der Waals surface area contributed by atoms with Gasteiger partial charge in [-0.2, -0.15) is 5.32 Å². The lowest BCUT2D eigenvalue weighted by Gasteiger charge is -2.11. The lowest BCUT2D eigenvalue weighted by molar-refractivity contribution is 0.383. The van der Waals surface area contributed by atoms with Crippen molar-refractivity contribution in [3.8, 4) is 5.75 Å². The van der Waals surface area contributed by atoms with Crippen molar-refractivity contribution in [2.75, 3.05) is 13.8 Å². The van der Waals surface area contributed by atoms with E-state index in [-0.39, 0.29) is 0 Å². The standard InChI is InChI=1S/C11H12BrN2O/c1-15-11-3-2-9(6-10(11)12)7-14-5-4-13-8-14/h2-3,5-6,13H,7-8H2,1H3/q+1. The van der Waals surface area contributed by atoms with E-state index >= 15 is 0 Å². The van der Waals surface area contributed by atoms with Gasteiger partial charge < -0.3 is 9.64 Å². The van der Waals surface area contributed by atoms with Gasteiger partial charge in [0.2, 0.25) is 0 Å². The Morgan fingerprint density at radius 3 is 3.07 bits per heavy atom. The molecule has 1 heterocycles. The number of rotatable bonds is 3. The maximum Gasteiger partial charge on any atom is 0.389 e. The molecule has 0 spiro atoms. The van der Waals surface area contributed by atoms with Gasteiger partial charge in [0.25, 0.3) is 6.20 Å². The number of halogens is 1. The maximum absolute atomic E-state index is 5.18. The predicted molar refractivity (Wildman–Crippen MR) is 62.1 cm³/mol. The third-order valence-corrected chi connectivity index (χ3v) is 2.85. The molecule has 0 unspecified atom stereocenters. The summed E-state index contributed by atoms with van der Waals surface area (Å²) in [7, 11) is 1.67. The number of methoxy groups -OCH3 is 1. The summed E-state index contributed by atoms with van der Waals surface area (Å²) in [6.45, 7) is 1.70. The van der Waals surface area contributed by atoms with Crippen LogP contribution in [0.5, 0.6) is 5.75 Å². The molecule has 0 saturated heterocycles. The monoisotopic (exact) mass is 267 g/mol. The molecule has 15 heavy (non-hydrogen) atoms. The molecule has 4 heteroatoms. The van der Waals surface area contributed by atoms with Crippen molar-refractivity contribution in [1.29, 1.82) is 0 Å². The van der Waals surface area contributed by atoms with Crippen molar-refractivity contribution in [2.45, 2.75) is 6.54 Å². The first-order valence-corrected chi connectivity index (χ1v) is 5.47. The van der Waals surface area contributed by atoms with Gasteiger partial charge in [0.15, 0.2) is 0 Å². The van der Waals surface area contributed by atoms with Crippen LogP contribution in [-0.2, 0) is 6.54 Å². The zero-order valence-corrected chi connectivity index (χ0v) is 10.0. The number of hydrogen-bond acceptors (Lipinski definition) is 3. The summed E-state index contributed by atoms with van der Waals surface area (Å²) in [6, 6.07) is 6.11. The fourth-order valence-corrected chi connectivity index (χ4v) is 2.06. The highest BCUT2D eigenvalue weighted by Crippen LogP contribution is 2.26. The minimum Gasteiger partial charge on any atom is -0.496 e. The molecular weight excluding hydrogens is 256 g/mol. The minimum absolute atomic E-state index is 0.823. The molecular formula is C11H12BrN2O+. The highest BCUT2D eigenvalue weighted by atomic mass is 79.9. The second-order valence-electron chi connectivity index (χ2n) is 3.32. The molecule has 1 aromatic carbocycles. The zero-order valence-electron chi connectivity index (χ0n) is 8.46. The predicted octanol–water partition coefficient (Wildman–Crippen LogP) is 2.09. The van der Waals surface area contributed by atoms with Crippen molar-refractivity contribution in [3.63, 3.8) is 0 Å². The average Bonchev–Trinajstić information content (AvgIpc) is 2.71. The molecule has 2 rings (SSSR count). The SMILES string of the molecule is COc1ccc(CN2C=[C+]NC2)cc1Br. The van der Waals surface area contributed by atoms with Gasteiger partial charge in [0.05, 0.1) is 11.6 Å². The van der Waals surface area contributed by atoms with Crippen LogP contribution in [0.3, 0.4) is 0 Å². The Bertz CT molecular complexity index is 379. The molecule has 0 atom stereocenters. The summed E-state index contributed by atoms with van der Waals surface area (Å²) in [5, 5.41) is 3.01. The van der Waals surface area contributed by atoms with E-state index in [4.69, 9.17) is 4.74 Å². The minimum atomic E-state index is 0.823. The molecule has 1 aliphatic rings. The summed E-state index contributed by atoms with van der Waals surface area (Å²) in [5.41, 5.74) is 1.24. The molecule has 0 saturated carbocycles. The normalized spacial score (nSPS) is 13.6. The highest BCUT2D eigenvalue weighted by Gasteiger charge is 2.14. The summed E-state index contributed by atoms with van der Waals surface area (Å²) in [5.74, 6) is 0.861. The average molecular weight is 268 g/mol. The van der Waals surface area contributed by atoms with Crippen LogP contribution in [0.15, 0.2) is 28.9 Å². The fourth-order valence-electron chi connectivity index (χ4n) is 1.47. The third-order valence-electron chi connectivity index (χ3n) is 2.23. The number of hydrogen-bond donors (Lipinski definition) is 1. The Morgan fingerprint density at radius 2 is 2.47 bits per heavy atom. The maximum atomic E-state index is 5.18. The van der Waals surface area contributed by atoms with Gasteiger partial charge in [-0.15, -0.1) is 0 Å². The largest absolute Gasteiger partial charge is 0.496 e. The molecule has 0 bridgehead atoms. The van der Waals surface area contributed by atoms with Gasteiger partial charge in [-0.25, -0.2) is 0 Å². The van der Waals surface area contributed by atoms with Gasteiger partial charge in [-0.3, -0.25) is 0 Å². The second-order valence-corrected chi connectivity index (χ2v) is 4.18. The zero-order chi connectivity index (χ0) is 10.7. The molecule has 0 amide bonds. The molecule has 3 nitrogen and oxygen atoms in total. The van der Waals surface area contributed by atoms with Crippen molar-refractivity contribution < 1.29 is 4.74 Å². The molecule has 0 aromatic heterocycles. The van der Waals surface area contributed by atoms with Crippen LogP contribution in [0.25, 0.3) is 0 Å². The van der Waals surface area contributed by atoms with Crippen LogP contribution < -0.4 is 10.1 Å². The Balaban J connectivity index is 2.08. The third kappa shape index (κ3) is 2.41. The first-order valence-electron chi connectivity index (χ1n) is 4.68. The van der Waals surface area contributed by atoms with Crippen molar-refractivity contribution in [3.05, 3.63) is 40.6 Å². The van der Waals surface area contributed by atoms with Crippen LogP contribution in [0.2, 0.25) is 0 Å². The van der Waals surface area contributed by atoms with Crippen molar-refractivity contribution in [2.24, 2.45) is 0 Å². The van der Waals surface area contributed by atoms with Crippen molar-refractivity contribution in [1.82, 2.24) is 10.2 Å². The lowest BCUT2D eigenvalue weighted by Crippen LogP contribution is -2.19. The summed E-state index contributed by atoms with van der Waals surface area (Å²) in [4.78, 5) is 2.15. The van der Waals surface area contributed by atoms with Gasteiger partial charge in [-0.05, 0) is 33.6 Å².